The Hall–Kier alpha value is -3.59. The summed E-state index contributed by atoms with van der Waals surface area (Å²) in [6.45, 7) is 1.82. The number of para-hydroxylation sites is 1. The predicted octanol–water partition coefficient (Wildman–Crippen LogP) is 2.94. The van der Waals surface area contributed by atoms with Crippen molar-refractivity contribution in [1.82, 2.24) is 15.1 Å². The summed E-state index contributed by atoms with van der Waals surface area (Å²) >= 11 is 0. The summed E-state index contributed by atoms with van der Waals surface area (Å²) in [5, 5.41) is 16.3. The minimum absolute atomic E-state index is 0.159. The van der Waals surface area contributed by atoms with Crippen molar-refractivity contribution in [2.45, 2.75) is 13.0 Å². The fourth-order valence-corrected chi connectivity index (χ4v) is 2.38. The fourth-order valence-electron chi connectivity index (χ4n) is 2.38. The average Bonchev–Trinajstić information content (AvgIpc) is 3.16. The lowest BCUT2D eigenvalue weighted by molar-refractivity contribution is -0.123. The molecule has 130 valence electrons. The van der Waals surface area contributed by atoms with Crippen LogP contribution >= 0.6 is 0 Å². The van der Waals surface area contributed by atoms with Gasteiger partial charge in [0.25, 0.3) is 5.91 Å². The van der Waals surface area contributed by atoms with Crippen molar-refractivity contribution in [2.75, 3.05) is 6.61 Å². The third kappa shape index (κ3) is 4.28. The van der Waals surface area contributed by atoms with E-state index >= 15 is 0 Å². The Labute approximate surface area is 151 Å². The molecule has 26 heavy (non-hydrogen) atoms. The number of nitrogens with one attached hydrogen (secondary N) is 1. The van der Waals surface area contributed by atoms with E-state index < -0.39 is 6.04 Å². The highest BCUT2D eigenvalue weighted by atomic mass is 16.5. The number of rotatable bonds is 6. The zero-order valence-electron chi connectivity index (χ0n) is 14.3. The Balaban J connectivity index is 1.60. The van der Waals surface area contributed by atoms with Crippen LogP contribution in [-0.4, -0.2) is 22.3 Å². The van der Waals surface area contributed by atoms with Crippen molar-refractivity contribution < 1.29 is 9.53 Å². The van der Waals surface area contributed by atoms with Gasteiger partial charge in [0.1, 0.15) is 11.8 Å². The Morgan fingerprint density at radius 1 is 1.23 bits per heavy atom. The van der Waals surface area contributed by atoms with Crippen LogP contribution in [0, 0.1) is 18.3 Å². The van der Waals surface area contributed by atoms with Crippen molar-refractivity contribution in [1.29, 1.82) is 5.26 Å². The molecule has 2 aromatic carbocycles. The molecule has 0 saturated heterocycles. The first-order chi connectivity index (χ1) is 12.7. The number of aryl methyl sites for hydroxylation is 1. The van der Waals surface area contributed by atoms with Gasteiger partial charge in [0.2, 0.25) is 0 Å². The molecule has 3 rings (SSSR count). The van der Waals surface area contributed by atoms with E-state index in [0.717, 1.165) is 11.3 Å². The number of hydrogen-bond acceptors (Lipinski definition) is 4. The molecule has 3 aromatic rings. The molecule has 0 spiro atoms. The third-order valence-electron chi connectivity index (χ3n) is 3.78. The quantitative estimate of drug-likeness (QED) is 0.744. The van der Waals surface area contributed by atoms with E-state index in [2.05, 4.69) is 16.5 Å². The van der Waals surface area contributed by atoms with E-state index in [1.54, 1.807) is 29.2 Å². The minimum Gasteiger partial charge on any atom is -0.484 e. The number of nitriles is 1. The summed E-state index contributed by atoms with van der Waals surface area (Å²) in [5.74, 6) is 0.237. The van der Waals surface area contributed by atoms with E-state index in [-0.39, 0.29) is 12.5 Å². The second-order valence-corrected chi connectivity index (χ2v) is 5.79. The van der Waals surface area contributed by atoms with E-state index in [1.165, 1.54) is 0 Å². The maximum atomic E-state index is 12.1. The van der Waals surface area contributed by atoms with Gasteiger partial charge in [0, 0.05) is 11.8 Å². The zero-order valence-corrected chi connectivity index (χ0v) is 14.3. The number of carbonyl (C=O) groups excluding carboxylic acids is 1. The molecule has 0 fully saturated rings. The van der Waals surface area contributed by atoms with Gasteiger partial charge in [-0.1, -0.05) is 35.9 Å². The first-order valence-electron chi connectivity index (χ1n) is 8.14. The van der Waals surface area contributed by atoms with Crippen molar-refractivity contribution >= 4 is 5.91 Å². The maximum absolute atomic E-state index is 12.1. The molecule has 0 saturated carbocycles. The molecule has 0 aliphatic rings. The monoisotopic (exact) mass is 346 g/mol. The predicted molar refractivity (Wildman–Crippen MR) is 96.7 cm³/mol. The molecular weight excluding hydrogens is 328 g/mol. The Morgan fingerprint density at radius 2 is 1.96 bits per heavy atom. The summed E-state index contributed by atoms with van der Waals surface area (Å²) < 4.78 is 7.10. The van der Waals surface area contributed by atoms with Gasteiger partial charge in [-0.3, -0.25) is 4.79 Å². The molecule has 6 heteroatoms. The summed E-state index contributed by atoms with van der Waals surface area (Å²) in [6, 6.07) is 18.2. The highest BCUT2D eigenvalue weighted by molar-refractivity contribution is 5.78. The smallest absolute Gasteiger partial charge is 0.259 e. The molecule has 1 amide bonds. The molecule has 1 aromatic heterocycles. The molecule has 0 radical (unpaired) electrons. The zero-order chi connectivity index (χ0) is 18.4. The number of hydrogen-bond donors (Lipinski definition) is 1. The number of carbonyl (C=O) groups is 1. The third-order valence-corrected chi connectivity index (χ3v) is 3.78. The van der Waals surface area contributed by atoms with Gasteiger partial charge in [0.15, 0.2) is 6.61 Å². The van der Waals surface area contributed by atoms with E-state index in [9.17, 15) is 10.1 Å². The Bertz CT molecular complexity index is 911. The molecule has 0 bridgehead atoms. The average molecular weight is 346 g/mol. The van der Waals surface area contributed by atoms with Crippen LogP contribution in [0.4, 0.5) is 0 Å². The van der Waals surface area contributed by atoms with Crippen molar-refractivity contribution in [3.05, 3.63) is 78.1 Å². The van der Waals surface area contributed by atoms with E-state index in [1.807, 2.05) is 49.4 Å². The standard InChI is InChI=1S/C20H18N4O2/c1-15-7-9-18(10-8-15)26-14-20(25)23-19(11-21)16-12-22-24(13-16)17-5-3-2-4-6-17/h2-10,12-13,19H,14H2,1H3,(H,23,25)/t19-/m0/s1. The van der Waals surface area contributed by atoms with E-state index in [4.69, 9.17) is 4.74 Å². The second-order valence-electron chi connectivity index (χ2n) is 5.79. The number of nitrogens with zero attached hydrogens (tertiary/aromatic N) is 3. The van der Waals surface area contributed by atoms with Crippen LogP contribution in [0.25, 0.3) is 5.69 Å². The van der Waals surface area contributed by atoms with Crippen LogP contribution in [0.3, 0.4) is 0 Å². The van der Waals surface area contributed by atoms with Gasteiger partial charge in [-0.2, -0.15) is 10.4 Å². The Kier molecular flexibility index (Phi) is 5.30. The Morgan fingerprint density at radius 3 is 2.65 bits per heavy atom. The molecular formula is C20H18N4O2. The maximum Gasteiger partial charge on any atom is 0.259 e. The van der Waals surface area contributed by atoms with Crippen LogP contribution in [0.5, 0.6) is 5.75 Å². The first-order valence-corrected chi connectivity index (χ1v) is 8.14. The molecule has 0 aliphatic carbocycles. The fraction of sp³-hybridized carbons (Fsp3) is 0.150. The lowest BCUT2D eigenvalue weighted by atomic mass is 10.2. The number of benzene rings is 2. The lowest BCUT2D eigenvalue weighted by Crippen LogP contribution is -2.31. The van der Waals surface area contributed by atoms with Gasteiger partial charge >= 0.3 is 0 Å². The highest BCUT2D eigenvalue weighted by Crippen LogP contribution is 2.15. The van der Waals surface area contributed by atoms with Crippen LogP contribution < -0.4 is 10.1 Å². The molecule has 1 atom stereocenters. The van der Waals surface area contributed by atoms with Gasteiger partial charge in [-0.25, -0.2) is 4.68 Å². The van der Waals surface area contributed by atoms with Gasteiger partial charge in [-0.05, 0) is 31.2 Å². The molecule has 0 unspecified atom stereocenters. The van der Waals surface area contributed by atoms with Crippen molar-refractivity contribution in [3.63, 3.8) is 0 Å². The summed E-state index contributed by atoms with van der Waals surface area (Å²) in [6.07, 6.45) is 3.30. The number of ether oxygens (including phenoxy) is 1. The van der Waals surface area contributed by atoms with Crippen LogP contribution in [-0.2, 0) is 4.79 Å². The first kappa shape index (κ1) is 17.2. The minimum atomic E-state index is -0.790. The topological polar surface area (TPSA) is 79.9 Å². The number of aromatic nitrogens is 2. The normalized spacial score (nSPS) is 11.4. The van der Waals surface area contributed by atoms with Gasteiger partial charge in [-0.15, -0.1) is 0 Å². The summed E-state index contributed by atoms with van der Waals surface area (Å²) in [7, 11) is 0. The summed E-state index contributed by atoms with van der Waals surface area (Å²) in [4.78, 5) is 12.1. The van der Waals surface area contributed by atoms with Crippen molar-refractivity contribution in [3.8, 4) is 17.5 Å². The molecule has 1 heterocycles. The lowest BCUT2D eigenvalue weighted by Gasteiger charge is -2.11. The highest BCUT2D eigenvalue weighted by Gasteiger charge is 2.16. The number of amides is 1. The van der Waals surface area contributed by atoms with Crippen LogP contribution in [0.15, 0.2) is 67.0 Å². The van der Waals surface area contributed by atoms with Crippen molar-refractivity contribution in [2.24, 2.45) is 0 Å². The molecule has 1 N–H and O–H groups in total. The largest absolute Gasteiger partial charge is 0.484 e. The molecule has 0 aliphatic heterocycles. The van der Waals surface area contributed by atoms with Crippen LogP contribution in [0.1, 0.15) is 17.2 Å². The molecule has 6 nitrogen and oxygen atoms in total. The second kappa shape index (κ2) is 7.99. The van der Waals surface area contributed by atoms with E-state index in [0.29, 0.717) is 11.3 Å². The summed E-state index contributed by atoms with van der Waals surface area (Å²) in [5.41, 5.74) is 2.60. The van der Waals surface area contributed by atoms with Crippen LogP contribution in [0.2, 0.25) is 0 Å². The van der Waals surface area contributed by atoms with Gasteiger partial charge < -0.3 is 10.1 Å². The van der Waals surface area contributed by atoms with Gasteiger partial charge in [0.05, 0.1) is 18.0 Å². The SMILES string of the molecule is Cc1ccc(OCC(=O)N[C@@H](C#N)c2cnn(-c3ccccc3)c2)cc1.